The zero-order valence-corrected chi connectivity index (χ0v) is 13.7. The molecule has 1 atom stereocenters. The summed E-state index contributed by atoms with van der Waals surface area (Å²) in [6.07, 6.45) is 0.476. The first-order valence-electron chi connectivity index (χ1n) is 7.63. The number of benzene rings is 1. The van der Waals surface area contributed by atoms with Gasteiger partial charge in [-0.05, 0) is 12.0 Å². The third kappa shape index (κ3) is 7.44. The second kappa shape index (κ2) is 9.61. The molecule has 0 fully saturated rings. The Bertz CT molecular complexity index is 531. The number of nitrogens with two attached hydrogens (primary N) is 1. The van der Waals surface area contributed by atoms with Crippen LogP contribution >= 0.6 is 0 Å². The summed E-state index contributed by atoms with van der Waals surface area (Å²) in [6, 6.07) is 9.42. The van der Waals surface area contributed by atoms with E-state index in [9.17, 15) is 14.4 Å². The van der Waals surface area contributed by atoms with Crippen LogP contribution < -0.4 is 5.73 Å². The summed E-state index contributed by atoms with van der Waals surface area (Å²) in [4.78, 5) is 35.8. The van der Waals surface area contributed by atoms with Gasteiger partial charge >= 0.3 is 6.09 Å². The van der Waals surface area contributed by atoms with Gasteiger partial charge in [-0.3, -0.25) is 9.59 Å². The molecule has 0 aliphatic carbocycles. The minimum atomic E-state index is -0.479. The van der Waals surface area contributed by atoms with Crippen LogP contribution in [0.4, 0.5) is 4.79 Å². The first-order valence-corrected chi connectivity index (χ1v) is 7.63. The molecular weight excluding hydrogens is 296 g/mol. The van der Waals surface area contributed by atoms with Gasteiger partial charge in [-0.2, -0.15) is 0 Å². The molecule has 23 heavy (non-hydrogen) atoms. The highest BCUT2D eigenvalue weighted by molar-refractivity contribution is 5.86. The summed E-state index contributed by atoms with van der Waals surface area (Å²) in [6.45, 7) is 2.33. The average Bonchev–Trinajstić information content (AvgIpc) is 2.52. The van der Waals surface area contributed by atoms with Crippen molar-refractivity contribution in [3.63, 3.8) is 0 Å². The Morgan fingerprint density at radius 1 is 1.22 bits per heavy atom. The van der Waals surface area contributed by atoms with Crippen molar-refractivity contribution in [2.75, 3.05) is 13.6 Å². The summed E-state index contributed by atoms with van der Waals surface area (Å²) in [5, 5.41) is 0. The molecule has 6 nitrogen and oxygen atoms in total. The molecule has 2 amide bonds. The maximum atomic E-state index is 11.8. The molecule has 1 aromatic rings. The standard InChI is InChI=1S/C17H24N2O4/c1-13(11-16(18)21)15(20)9-6-10-19(2)17(22)23-12-14-7-4-3-5-8-14/h3-5,7-8,13H,6,9-12H2,1-2H3,(H2,18,21)/t13-/m1/s1. The molecule has 2 N–H and O–H groups in total. The summed E-state index contributed by atoms with van der Waals surface area (Å²) in [7, 11) is 1.63. The summed E-state index contributed by atoms with van der Waals surface area (Å²) >= 11 is 0. The van der Waals surface area contributed by atoms with Gasteiger partial charge in [0.05, 0.1) is 0 Å². The van der Waals surface area contributed by atoms with Crippen LogP contribution in [0.1, 0.15) is 31.7 Å². The topological polar surface area (TPSA) is 89.7 Å². The van der Waals surface area contributed by atoms with Gasteiger partial charge in [0, 0.05) is 32.4 Å². The molecule has 0 spiro atoms. The van der Waals surface area contributed by atoms with Crippen molar-refractivity contribution in [2.45, 2.75) is 32.8 Å². The Hall–Kier alpha value is -2.37. The van der Waals surface area contributed by atoms with Crippen LogP contribution in [0.2, 0.25) is 0 Å². The number of nitrogens with zero attached hydrogens (tertiary/aromatic N) is 1. The Morgan fingerprint density at radius 3 is 2.48 bits per heavy atom. The van der Waals surface area contributed by atoms with Gasteiger partial charge in [-0.1, -0.05) is 37.3 Å². The minimum absolute atomic E-state index is 0.0187. The van der Waals surface area contributed by atoms with E-state index in [1.165, 1.54) is 4.90 Å². The van der Waals surface area contributed by atoms with Crippen molar-refractivity contribution in [3.8, 4) is 0 Å². The number of Topliss-reactive ketones (excluding diaryl/α,β-unsaturated/α-hetero) is 1. The van der Waals surface area contributed by atoms with Gasteiger partial charge in [-0.25, -0.2) is 4.79 Å². The maximum Gasteiger partial charge on any atom is 0.409 e. The van der Waals surface area contributed by atoms with Gasteiger partial charge in [-0.15, -0.1) is 0 Å². The number of rotatable bonds is 9. The predicted molar refractivity (Wildman–Crippen MR) is 86.5 cm³/mol. The van der Waals surface area contributed by atoms with E-state index >= 15 is 0 Å². The maximum absolute atomic E-state index is 11.8. The van der Waals surface area contributed by atoms with Crippen molar-refractivity contribution in [3.05, 3.63) is 35.9 Å². The highest BCUT2D eigenvalue weighted by Gasteiger charge is 2.16. The minimum Gasteiger partial charge on any atom is -0.445 e. The van der Waals surface area contributed by atoms with Gasteiger partial charge in [0.25, 0.3) is 0 Å². The van der Waals surface area contributed by atoms with Crippen molar-refractivity contribution in [1.29, 1.82) is 0 Å². The molecule has 126 valence electrons. The molecular formula is C17H24N2O4. The first kappa shape index (κ1) is 18.7. The Morgan fingerprint density at radius 2 is 1.87 bits per heavy atom. The molecule has 0 saturated carbocycles. The Labute approximate surface area is 136 Å². The number of carbonyl (C=O) groups excluding carboxylic acids is 3. The van der Waals surface area contributed by atoms with Gasteiger partial charge in [0.2, 0.25) is 5.91 Å². The fourth-order valence-electron chi connectivity index (χ4n) is 2.07. The molecule has 0 aliphatic heterocycles. The highest BCUT2D eigenvalue weighted by Crippen LogP contribution is 2.08. The average molecular weight is 320 g/mol. The molecule has 6 heteroatoms. The number of amides is 2. The number of hydrogen-bond acceptors (Lipinski definition) is 4. The quantitative estimate of drug-likeness (QED) is 0.754. The monoisotopic (exact) mass is 320 g/mol. The van der Waals surface area contributed by atoms with E-state index in [-0.39, 0.29) is 24.7 Å². The Balaban J connectivity index is 2.25. The lowest BCUT2D eigenvalue weighted by Gasteiger charge is -2.17. The number of primary amides is 1. The van der Waals surface area contributed by atoms with Gasteiger partial charge in [0.1, 0.15) is 12.4 Å². The number of ether oxygens (including phenoxy) is 1. The number of carbonyl (C=O) groups is 3. The molecule has 0 aliphatic rings. The second-order valence-electron chi connectivity index (χ2n) is 5.60. The van der Waals surface area contributed by atoms with E-state index in [4.69, 9.17) is 10.5 Å². The third-order valence-electron chi connectivity index (χ3n) is 3.49. The van der Waals surface area contributed by atoms with Crippen molar-refractivity contribution >= 4 is 17.8 Å². The van der Waals surface area contributed by atoms with E-state index in [0.29, 0.717) is 19.4 Å². The molecule has 0 radical (unpaired) electrons. The molecule has 0 unspecified atom stereocenters. The SMILES string of the molecule is C[C@H](CC(N)=O)C(=O)CCCN(C)C(=O)OCc1ccccc1. The number of ketones is 1. The van der Waals surface area contributed by atoms with Crippen molar-refractivity contribution < 1.29 is 19.1 Å². The van der Waals surface area contributed by atoms with Crippen LogP contribution in [0.5, 0.6) is 0 Å². The fraction of sp³-hybridized carbons (Fsp3) is 0.471. The molecule has 1 rings (SSSR count). The molecule has 0 aromatic heterocycles. The zero-order valence-electron chi connectivity index (χ0n) is 13.7. The van der Waals surface area contributed by atoms with Crippen LogP contribution in [0.25, 0.3) is 0 Å². The lowest BCUT2D eigenvalue weighted by molar-refractivity contribution is -0.127. The predicted octanol–water partition coefficient (Wildman–Crippen LogP) is 2.12. The lowest BCUT2D eigenvalue weighted by Crippen LogP contribution is -2.29. The smallest absolute Gasteiger partial charge is 0.409 e. The summed E-state index contributed by atoms with van der Waals surface area (Å²) in [5.74, 6) is -0.870. The molecule has 0 bridgehead atoms. The van der Waals surface area contributed by atoms with E-state index < -0.39 is 12.0 Å². The van der Waals surface area contributed by atoms with E-state index in [1.807, 2.05) is 30.3 Å². The van der Waals surface area contributed by atoms with E-state index in [2.05, 4.69) is 0 Å². The molecule has 1 aromatic carbocycles. The van der Waals surface area contributed by atoms with Crippen LogP contribution in [-0.2, 0) is 20.9 Å². The normalized spacial score (nSPS) is 11.6. The van der Waals surface area contributed by atoms with Crippen LogP contribution in [0, 0.1) is 5.92 Å². The van der Waals surface area contributed by atoms with Crippen LogP contribution in [-0.4, -0.2) is 36.3 Å². The first-order chi connectivity index (χ1) is 10.9. The Kier molecular flexibility index (Phi) is 7.80. The largest absolute Gasteiger partial charge is 0.445 e. The highest BCUT2D eigenvalue weighted by atomic mass is 16.6. The van der Waals surface area contributed by atoms with Crippen LogP contribution in [0.3, 0.4) is 0 Å². The van der Waals surface area contributed by atoms with E-state index in [1.54, 1.807) is 14.0 Å². The molecule has 0 heterocycles. The summed E-state index contributed by atoms with van der Waals surface area (Å²) in [5.41, 5.74) is 5.99. The van der Waals surface area contributed by atoms with Crippen molar-refractivity contribution in [2.24, 2.45) is 11.7 Å². The fourth-order valence-corrected chi connectivity index (χ4v) is 2.07. The van der Waals surface area contributed by atoms with E-state index in [0.717, 1.165) is 5.56 Å². The third-order valence-corrected chi connectivity index (χ3v) is 3.49. The van der Waals surface area contributed by atoms with Gasteiger partial charge < -0.3 is 15.4 Å². The molecule has 0 saturated heterocycles. The zero-order chi connectivity index (χ0) is 17.2. The van der Waals surface area contributed by atoms with Crippen LogP contribution in [0.15, 0.2) is 30.3 Å². The number of hydrogen-bond donors (Lipinski definition) is 1. The lowest BCUT2D eigenvalue weighted by atomic mass is 9.98. The van der Waals surface area contributed by atoms with Gasteiger partial charge in [0.15, 0.2) is 0 Å². The second-order valence-corrected chi connectivity index (χ2v) is 5.60. The summed E-state index contributed by atoms with van der Waals surface area (Å²) < 4.78 is 5.19. The van der Waals surface area contributed by atoms with Crippen molar-refractivity contribution in [1.82, 2.24) is 4.90 Å².